The maximum atomic E-state index is 11.8. The van der Waals surface area contributed by atoms with E-state index >= 15 is 0 Å². The number of aromatic carboxylic acids is 1. The molecule has 2 aromatic heterocycles. The van der Waals surface area contributed by atoms with Gasteiger partial charge in [-0.1, -0.05) is 0 Å². The van der Waals surface area contributed by atoms with Crippen LogP contribution in [0.25, 0.3) is 0 Å². The van der Waals surface area contributed by atoms with Gasteiger partial charge in [-0.15, -0.1) is 0 Å². The van der Waals surface area contributed by atoms with E-state index in [0.29, 0.717) is 17.0 Å². The van der Waals surface area contributed by atoms with Crippen LogP contribution in [0.4, 0.5) is 0 Å². The largest absolute Gasteiger partial charge is 0.475 e. The molecule has 0 fully saturated rings. The van der Waals surface area contributed by atoms with Crippen molar-refractivity contribution in [2.45, 2.75) is 27.3 Å². The van der Waals surface area contributed by atoms with Gasteiger partial charge in [0.1, 0.15) is 5.76 Å². The van der Waals surface area contributed by atoms with E-state index in [9.17, 15) is 9.59 Å². The Bertz CT molecular complexity index is 697. The zero-order valence-electron chi connectivity index (χ0n) is 10.9. The third-order valence-corrected chi connectivity index (χ3v) is 2.82. The van der Waals surface area contributed by atoms with Crippen LogP contribution in [0.5, 0.6) is 0 Å². The van der Waals surface area contributed by atoms with E-state index in [1.54, 1.807) is 32.9 Å². The second-order valence-electron chi connectivity index (χ2n) is 4.44. The molecule has 0 atom stereocenters. The Labute approximate surface area is 109 Å². The van der Waals surface area contributed by atoms with Crippen LogP contribution in [-0.2, 0) is 6.54 Å². The lowest BCUT2D eigenvalue weighted by Crippen LogP contribution is -2.25. The predicted molar refractivity (Wildman–Crippen MR) is 67.5 cm³/mol. The fourth-order valence-electron chi connectivity index (χ4n) is 1.96. The lowest BCUT2D eigenvalue weighted by molar-refractivity contribution is 0.0659. The molecule has 0 spiro atoms. The number of aromatic nitrogens is 2. The Hall–Kier alpha value is -2.37. The van der Waals surface area contributed by atoms with Gasteiger partial charge in [0.15, 0.2) is 0 Å². The molecular formula is C13H14N2O4. The molecule has 6 nitrogen and oxygen atoms in total. The van der Waals surface area contributed by atoms with Crippen LogP contribution >= 0.6 is 0 Å². The van der Waals surface area contributed by atoms with E-state index in [4.69, 9.17) is 9.52 Å². The van der Waals surface area contributed by atoms with E-state index in [0.717, 1.165) is 5.69 Å². The maximum Gasteiger partial charge on any atom is 0.372 e. The maximum absolute atomic E-state index is 11.8. The molecule has 1 N–H and O–H groups in total. The van der Waals surface area contributed by atoms with Crippen LogP contribution in [0.3, 0.4) is 0 Å². The highest BCUT2D eigenvalue weighted by Crippen LogP contribution is 2.15. The van der Waals surface area contributed by atoms with Gasteiger partial charge in [-0.25, -0.2) is 9.59 Å². The molecule has 6 heteroatoms. The molecule has 0 amide bonds. The van der Waals surface area contributed by atoms with Crippen molar-refractivity contribution in [3.8, 4) is 0 Å². The summed E-state index contributed by atoms with van der Waals surface area (Å²) in [6.07, 6.45) is 0. The summed E-state index contributed by atoms with van der Waals surface area (Å²) in [7, 11) is 0. The smallest absolute Gasteiger partial charge is 0.372 e. The molecule has 100 valence electrons. The fraction of sp³-hybridized carbons (Fsp3) is 0.308. The van der Waals surface area contributed by atoms with Gasteiger partial charge in [0.2, 0.25) is 5.76 Å². The summed E-state index contributed by atoms with van der Waals surface area (Å²) in [5.74, 6) is -0.790. The van der Waals surface area contributed by atoms with Gasteiger partial charge < -0.3 is 9.52 Å². The summed E-state index contributed by atoms with van der Waals surface area (Å²) < 4.78 is 6.67. The quantitative estimate of drug-likeness (QED) is 0.906. The standard InChI is InChI=1S/C13H14N2O4/c1-7-4-10(19-11(7)12(16)17)6-15-9(3)5-8(2)14-13(15)18/h4-5H,6H2,1-3H3,(H,16,17). The molecule has 0 saturated heterocycles. The number of furan rings is 1. The van der Waals surface area contributed by atoms with Crippen molar-refractivity contribution in [3.05, 3.63) is 51.1 Å². The number of nitrogens with zero attached hydrogens (tertiary/aromatic N) is 2. The van der Waals surface area contributed by atoms with Crippen molar-refractivity contribution >= 4 is 5.97 Å². The summed E-state index contributed by atoms with van der Waals surface area (Å²) in [4.78, 5) is 26.5. The lowest BCUT2D eigenvalue weighted by Gasteiger charge is -2.07. The number of carbonyl (C=O) groups is 1. The van der Waals surface area contributed by atoms with E-state index < -0.39 is 5.97 Å². The number of hydrogen-bond donors (Lipinski definition) is 1. The molecule has 2 aromatic rings. The Balaban J connectivity index is 2.40. The average molecular weight is 262 g/mol. The SMILES string of the molecule is Cc1cc(C)n(Cc2cc(C)c(C(=O)O)o2)c(=O)n1. The molecule has 0 aliphatic heterocycles. The number of carboxylic acid groups (broad SMARTS) is 1. The number of rotatable bonds is 3. The monoisotopic (exact) mass is 262 g/mol. The summed E-state index contributed by atoms with van der Waals surface area (Å²) >= 11 is 0. The highest BCUT2D eigenvalue weighted by atomic mass is 16.4. The van der Waals surface area contributed by atoms with Crippen molar-refractivity contribution < 1.29 is 14.3 Å². The first-order valence-corrected chi connectivity index (χ1v) is 5.76. The lowest BCUT2D eigenvalue weighted by atomic mass is 10.2. The Morgan fingerprint density at radius 2 is 2.05 bits per heavy atom. The first kappa shape index (κ1) is 13.1. The van der Waals surface area contributed by atoms with E-state index in [2.05, 4.69) is 4.98 Å². The molecule has 0 aliphatic carbocycles. The van der Waals surface area contributed by atoms with Crippen LogP contribution in [0.2, 0.25) is 0 Å². The normalized spacial score (nSPS) is 10.7. The van der Waals surface area contributed by atoms with Crippen molar-refractivity contribution in [2.24, 2.45) is 0 Å². The van der Waals surface area contributed by atoms with Gasteiger partial charge in [0.25, 0.3) is 0 Å². The van der Waals surface area contributed by atoms with Crippen molar-refractivity contribution in [3.63, 3.8) is 0 Å². The second kappa shape index (κ2) is 4.72. The molecule has 2 rings (SSSR count). The first-order valence-electron chi connectivity index (χ1n) is 5.76. The predicted octanol–water partition coefficient (Wildman–Crippen LogP) is 1.51. The van der Waals surface area contributed by atoms with E-state index in [1.165, 1.54) is 4.57 Å². The number of hydrogen-bond acceptors (Lipinski definition) is 4. The van der Waals surface area contributed by atoms with Crippen LogP contribution < -0.4 is 5.69 Å². The highest BCUT2D eigenvalue weighted by molar-refractivity contribution is 5.86. The molecule has 0 saturated carbocycles. The minimum Gasteiger partial charge on any atom is -0.475 e. The summed E-state index contributed by atoms with van der Waals surface area (Å²) in [5, 5.41) is 8.92. The van der Waals surface area contributed by atoms with Crippen LogP contribution in [0, 0.1) is 20.8 Å². The van der Waals surface area contributed by atoms with Crippen molar-refractivity contribution in [2.75, 3.05) is 0 Å². The molecule has 19 heavy (non-hydrogen) atoms. The Kier molecular flexibility index (Phi) is 3.25. The average Bonchev–Trinajstić information content (AvgIpc) is 2.65. The minimum absolute atomic E-state index is 0.0965. The van der Waals surface area contributed by atoms with Gasteiger partial charge in [0, 0.05) is 17.0 Å². The number of aryl methyl sites for hydroxylation is 3. The third-order valence-electron chi connectivity index (χ3n) is 2.82. The third kappa shape index (κ3) is 2.57. The van der Waals surface area contributed by atoms with Crippen LogP contribution in [0.15, 0.2) is 21.3 Å². The topological polar surface area (TPSA) is 85.3 Å². The molecule has 2 heterocycles. The highest BCUT2D eigenvalue weighted by Gasteiger charge is 2.15. The molecule has 0 aromatic carbocycles. The van der Waals surface area contributed by atoms with Gasteiger partial charge in [-0.05, 0) is 32.9 Å². The van der Waals surface area contributed by atoms with Crippen LogP contribution in [0.1, 0.15) is 33.3 Å². The molecule has 0 radical (unpaired) electrons. The van der Waals surface area contributed by atoms with Crippen molar-refractivity contribution in [1.82, 2.24) is 9.55 Å². The molecule has 0 aliphatic rings. The summed E-state index contributed by atoms with van der Waals surface area (Å²) in [6.45, 7) is 5.37. The van der Waals surface area contributed by atoms with E-state index in [-0.39, 0.29) is 18.0 Å². The fourth-order valence-corrected chi connectivity index (χ4v) is 1.96. The minimum atomic E-state index is -1.12. The summed E-state index contributed by atoms with van der Waals surface area (Å²) in [5.41, 5.74) is 1.57. The van der Waals surface area contributed by atoms with Gasteiger partial charge in [0.05, 0.1) is 6.54 Å². The van der Waals surface area contributed by atoms with Gasteiger partial charge in [-0.3, -0.25) is 4.57 Å². The van der Waals surface area contributed by atoms with Crippen LogP contribution in [-0.4, -0.2) is 20.6 Å². The Morgan fingerprint density at radius 3 is 2.58 bits per heavy atom. The zero-order valence-corrected chi connectivity index (χ0v) is 10.9. The number of carboxylic acids is 1. The first-order chi connectivity index (χ1) is 8.88. The van der Waals surface area contributed by atoms with Gasteiger partial charge >= 0.3 is 11.7 Å². The zero-order chi connectivity index (χ0) is 14.2. The van der Waals surface area contributed by atoms with Gasteiger partial charge in [-0.2, -0.15) is 4.98 Å². The van der Waals surface area contributed by atoms with Crippen molar-refractivity contribution in [1.29, 1.82) is 0 Å². The summed E-state index contributed by atoms with van der Waals surface area (Å²) in [6, 6.07) is 3.41. The molecule has 0 unspecified atom stereocenters. The Morgan fingerprint density at radius 1 is 1.37 bits per heavy atom. The second-order valence-corrected chi connectivity index (χ2v) is 4.44. The molecular weight excluding hydrogens is 248 g/mol. The van der Waals surface area contributed by atoms with E-state index in [1.807, 2.05) is 0 Å². The molecule has 0 bridgehead atoms.